The molecule has 0 bridgehead atoms. The first-order chi connectivity index (χ1) is 6.39. The summed E-state index contributed by atoms with van der Waals surface area (Å²) in [5, 5.41) is 17.5. The zero-order valence-corrected chi connectivity index (χ0v) is 7.14. The minimum atomic E-state index is -1.66. The summed E-state index contributed by atoms with van der Waals surface area (Å²) in [7, 11) is 0. The number of carboxylic acids is 2. The van der Waals surface area contributed by atoms with Crippen molar-refractivity contribution < 1.29 is 24.6 Å². The number of hydrogen-bond donors (Lipinski definition) is 3. The van der Waals surface area contributed by atoms with Gasteiger partial charge in [0, 0.05) is 18.3 Å². The monoisotopic (exact) mass is 199 g/mol. The molecule has 0 aliphatic heterocycles. The number of aliphatic carboxylic acids is 2. The van der Waals surface area contributed by atoms with Crippen molar-refractivity contribution in [1.82, 2.24) is 0 Å². The van der Waals surface area contributed by atoms with Gasteiger partial charge in [-0.15, -0.1) is 0 Å². The van der Waals surface area contributed by atoms with Crippen molar-refractivity contribution in [2.75, 3.05) is 0 Å². The van der Waals surface area contributed by atoms with Gasteiger partial charge in [-0.05, 0) is 0 Å². The molecule has 2 saturated carbocycles. The number of carbonyl (C=O) groups is 3. The topological polar surface area (TPSA) is 118 Å². The maximum absolute atomic E-state index is 11.2. The molecular weight excluding hydrogens is 190 g/mol. The van der Waals surface area contributed by atoms with Gasteiger partial charge in [0.2, 0.25) is 0 Å². The Hall–Kier alpha value is -1.43. The van der Waals surface area contributed by atoms with E-state index in [0.717, 1.165) is 0 Å². The van der Waals surface area contributed by atoms with Crippen molar-refractivity contribution in [3.63, 3.8) is 0 Å². The highest BCUT2D eigenvalue weighted by Gasteiger charge is 2.74. The summed E-state index contributed by atoms with van der Waals surface area (Å²) in [6.45, 7) is 0. The van der Waals surface area contributed by atoms with Crippen molar-refractivity contribution in [2.24, 2.45) is 23.5 Å². The van der Waals surface area contributed by atoms with Gasteiger partial charge in [0.15, 0.2) is 0 Å². The molecule has 2 rings (SSSR count). The molecule has 0 heterocycles. The van der Waals surface area contributed by atoms with Crippen LogP contribution in [0.2, 0.25) is 0 Å². The summed E-state index contributed by atoms with van der Waals surface area (Å²) >= 11 is 0. The minimum Gasteiger partial charge on any atom is -0.481 e. The predicted octanol–water partition coefficient (Wildman–Crippen LogP) is -1.31. The summed E-state index contributed by atoms with van der Waals surface area (Å²) in [5.41, 5.74) is 3.86. The average molecular weight is 199 g/mol. The number of nitrogens with two attached hydrogens (primary N) is 1. The summed E-state index contributed by atoms with van der Waals surface area (Å²) in [6, 6.07) is 0. The third-order valence-corrected chi connectivity index (χ3v) is 3.14. The standard InChI is InChI=1S/C8H9NO5/c9-8(7(13)14)1-2(10)3-4(5(3)8)6(11)12/h3-5H,1,9H2,(H,11,12)(H,13,14)/t3?,4?,5?,8-/m1/s1. The molecule has 2 fully saturated rings. The lowest BCUT2D eigenvalue weighted by Gasteiger charge is -2.19. The lowest BCUT2D eigenvalue weighted by Crippen LogP contribution is -2.50. The van der Waals surface area contributed by atoms with Crippen LogP contribution in [-0.4, -0.2) is 33.5 Å². The van der Waals surface area contributed by atoms with Crippen molar-refractivity contribution in [2.45, 2.75) is 12.0 Å². The number of Topliss-reactive ketones (excluding diaryl/α,β-unsaturated/α-hetero) is 1. The van der Waals surface area contributed by atoms with Gasteiger partial charge in [-0.2, -0.15) is 0 Å². The Kier molecular flexibility index (Phi) is 1.52. The second-order valence-corrected chi connectivity index (χ2v) is 3.90. The SMILES string of the molecule is N[C@]1(C(=O)O)CC(=O)C2C(C(=O)O)C21. The number of ketones is 1. The fourth-order valence-electron chi connectivity index (χ4n) is 2.40. The molecule has 0 spiro atoms. The van der Waals surface area contributed by atoms with E-state index in [9.17, 15) is 14.4 Å². The second kappa shape index (κ2) is 2.33. The Labute approximate surface area is 78.7 Å². The van der Waals surface area contributed by atoms with Crippen LogP contribution >= 0.6 is 0 Å². The largest absolute Gasteiger partial charge is 0.481 e. The van der Waals surface area contributed by atoms with Gasteiger partial charge in [0.05, 0.1) is 5.92 Å². The molecule has 4 N–H and O–H groups in total. The van der Waals surface area contributed by atoms with Crippen LogP contribution in [0.25, 0.3) is 0 Å². The quantitative estimate of drug-likeness (QED) is 0.508. The molecule has 0 aromatic heterocycles. The van der Waals surface area contributed by atoms with Gasteiger partial charge in [0.25, 0.3) is 0 Å². The number of rotatable bonds is 2. The van der Waals surface area contributed by atoms with Crippen molar-refractivity contribution >= 4 is 17.7 Å². The summed E-state index contributed by atoms with van der Waals surface area (Å²) in [4.78, 5) is 32.7. The Morgan fingerprint density at radius 1 is 1.43 bits per heavy atom. The normalized spacial score (nSPS) is 44.6. The maximum Gasteiger partial charge on any atom is 0.324 e. The first-order valence-corrected chi connectivity index (χ1v) is 4.17. The fraction of sp³-hybridized carbons (Fsp3) is 0.625. The highest BCUT2D eigenvalue weighted by molar-refractivity contribution is 6.02. The molecule has 0 amide bonds. The van der Waals surface area contributed by atoms with Crippen molar-refractivity contribution in [3.05, 3.63) is 0 Å². The van der Waals surface area contributed by atoms with Gasteiger partial charge < -0.3 is 15.9 Å². The van der Waals surface area contributed by atoms with Gasteiger partial charge in [-0.3, -0.25) is 14.4 Å². The molecular formula is C8H9NO5. The van der Waals surface area contributed by atoms with Crippen LogP contribution in [-0.2, 0) is 14.4 Å². The molecule has 2 aliphatic carbocycles. The van der Waals surface area contributed by atoms with E-state index in [4.69, 9.17) is 15.9 Å². The lowest BCUT2D eigenvalue weighted by atomic mass is 9.91. The number of hydrogen-bond acceptors (Lipinski definition) is 4. The fourth-order valence-corrected chi connectivity index (χ4v) is 2.40. The third kappa shape index (κ3) is 0.859. The van der Waals surface area contributed by atoms with Crippen LogP contribution in [0, 0.1) is 17.8 Å². The maximum atomic E-state index is 11.2. The zero-order valence-electron chi connectivity index (χ0n) is 7.14. The van der Waals surface area contributed by atoms with E-state index in [0.29, 0.717) is 0 Å². The molecule has 6 nitrogen and oxygen atoms in total. The first kappa shape index (κ1) is 9.14. The first-order valence-electron chi connectivity index (χ1n) is 4.17. The summed E-state index contributed by atoms with van der Waals surface area (Å²) in [5.74, 6) is -5.05. The van der Waals surface area contributed by atoms with Gasteiger partial charge in [0.1, 0.15) is 11.3 Å². The van der Waals surface area contributed by atoms with E-state index in [1.807, 2.05) is 0 Å². The van der Waals surface area contributed by atoms with Crippen LogP contribution in [0.15, 0.2) is 0 Å². The zero-order chi connectivity index (χ0) is 10.7. The van der Waals surface area contributed by atoms with Crippen LogP contribution in [0.3, 0.4) is 0 Å². The van der Waals surface area contributed by atoms with Gasteiger partial charge >= 0.3 is 11.9 Å². The van der Waals surface area contributed by atoms with Crippen LogP contribution < -0.4 is 5.73 Å². The molecule has 6 heteroatoms. The molecule has 0 aromatic carbocycles. The van der Waals surface area contributed by atoms with E-state index in [1.165, 1.54) is 0 Å². The summed E-state index contributed by atoms with van der Waals surface area (Å²) in [6.07, 6.45) is -0.249. The van der Waals surface area contributed by atoms with E-state index < -0.39 is 35.2 Å². The molecule has 0 aromatic rings. The Bertz CT molecular complexity index is 348. The number of carboxylic acid groups (broad SMARTS) is 2. The second-order valence-electron chi connectivity index (χ2n) is 3.90. The third-order valence-electron chi connectivity index (χ3n) is 3.14. The summed E-state index contributed by atoms with van der Waals surface area (Å²) < 4.78 is 0. The van der Waals surface area contributed by atoms with Crippen molar-refractivity contribution in [1.29, 1.82) is 0 Å². The van der Waals surface area contributed by atoms with Gasteiger partial charge in [-0.25, -0.2) is 0 Å². The van der Waals surface area contributed by atoms with E-state index >= 15 is 0 Å². The molecule has 0 saturated heterocycles. The van der Waals surface area contributed by atoms with Crippen molar-refractivity contribution in [3.8, 4) is 0 Å². The van der Waals surface area contributed by atoms with Crippen LogP contribution in [0.4, 0.5) is 0 Å². The molecule has 0 radical (unpaired) electrons. The minimum absolute atomic E-state index is 0.249. The average Bonchev–Trinajstić information content (AvgIpc) is 2.72. The smallest absolute Gasteiger partial charge is 0.324 e. The van der Waals surface area contributed by atoms with E-state index in [1.54, 1.807) is 0 Å². The Morgan fingerprint density at radius 3 is 2.36 bits per heavy atom. The van der Waals surface area contributed by atoms with E-state index in [2.05, 4.69) is 0 Å². The number of carbonyl (C=O) groups excluding carboxylic acids is 1. The highest BCUT2D eigenvalue weighted by atomic mass is 16.4. The Morgan fingerprint density at radius 2 is 2.00 bits per heavy atom. The van der Waals surface area contributed by atoms with E-state index in [-0.39, 0.29) is 12.2 Å². The lowest BCUT2D eigenvalue weighted by molar-refractivity contribution is -0.146. The predicted molar refractivity (Wildman–Crippen MR) is 42.3 cm³/mol. The highest BCUT2D eigenvalue weighted by Crippen LogP contribution is 2.59. The Balaban J connectivity index is 2.31. The van der Waals surface area contributed by atoms with Crippen LogP contribution in [0.5, 0.6) is 0 Å². The molecule has 2 aliphatic rings. The van der Waals surface area contributed by atoms with Gasteiger partial charge in [-0.1, -0.05) is 0 Å². The number of fused-ring (bicyclic) bond motifs is 1. The molecule has 3 unspecified atom stereocenters. The molecule has 4 atom stereocenters. The molecule has 14 heavy (non-hydrogen) atoms. The van der Waals surface area contributed by atoms with Crippen LogP contribution in [0.1, 0.15) is 6.42 Å². The molecule has 76 valence electrons.